The minimum Gasteiger partial charge on any atom is -0.478 e. The molecule has 2 N–H and O–H groups in total. The van der Waals surface area contributed by atoms with Crippen molar-refractivity contribution in [2.45, 2.75) is 0 Å². The Hall–Kier alpha value is -1.77. The molecule has 0 saturated heterocycles. The number of carboxylic acid groups (broad SMARTS) is 1. The van der Waals surface area contributed by atoms with E-state index in [1.54, 1.807) is 31.3 Å². The maximum absolute atomic E-state index is 10.6. The van der Waals surface area contributed by atoms with Crippen LogP contribution >= 0.6 is 0 Å². The van der Waals surface area contributed by atoms with Crippen LogP contribution in [-0.4, -0.2) is 18.1 Å². The van der Waals surface area contributed by atoms with Gasteiger partial charge < -0.3 is 10.4 Å². The SMILES string of the molecule is C=Cc1ccc(C(=O)O)cc1NC. The van der Waals surface area contributed by atoms with Gasteiger partial charge in [0, 0.05) is 12.7 Å². The molecule has 0 heterocycles. The van der Waals surface area contributed by atoms with Crippen molar-refractivity contribution in [3.63, 3.8) is 0 Å². The number of rotatable bonds is 3. The van der Waals surface area contributed by atoms with Crippen molar-refractivity contribution >= 4 is 17.7 Å². The summed E-state index contributed by atoms with van der Waals surface area (Å²) in [6, 6.07) is 4.86. The highest BCUT2D eigenvalue weighted by Crippen LogP contribution is 2.18. The van der Waals surface area contributed by atoms with Gasteiger partial charge in [0.15, 0.2) is 0 Å². The predicted octanol–water partition coefficient (Wildman–Crippen LogP) is 2.07. The highest BCUT2D eigenvalue weighted by molar-refractivity contribution is 5.89. The van der Waals surface area contributed by atoms with E-state index in [4.69, 9.17) is 5.11 Å². The smallest absolute Gasteiger partial charge is 0.335 e. The molecule has 1 aromatic carbocycles. The zero-order valence-electron chi connectivity index (χ0n) is 7.37. The van der Waals surface area contributed by atoms with Crippen LogP contribution in [0.4, 0.5) is 5.69 Å². The van der Waals surface area contributed by atoms with E-state index in [-0.39, 0.29) is 5.56 Å². The maximum atomic E-state index is 10.6. The molecule has 0 bridgehead atoms. The maximum Gasteiger partial charge on any atom is 0.335 e. The van der Waals surface area contributed by atoms with Gasteiger partial charge in [-0.25, -0.2) is 4.79 Å². The number of benzene rings is 1. The van der Waals surface area contributed by atoms with Gasteiger partial charge in [0.05, 0.1) is 5.56 Å². The summed E-state index contributed by atoms with van der Waals surface area (Å²) in [7, 11) is 1.74. The van der Waals surface area contributed by atoms with Gasteiger partial charge in [-0.15, -0.1) is 0 Å². The Labute approximate surface area is 76.7 Å². The minimum atomic E-state index is -0.924. The van der Waals surface area contributed by atoms with Gasteiger partial charge in [-0.05, 0) is 17.7 Å². The van der Waals surface area contributed by atoms with E-state index in [0.717, 1.165) is 11.3 Å². The second kappa shape index (κ2) is 3.76. The average molecular weight is 177 g/mol. The van der Waals surface area contributed by atoms with Gasteiger partial charge in [0.1, 0.15) is 0 Å². The number of anilines is 1. The molecular formula is C10H11NO2. The first kappa shape index (κ1) is 9.32. The van der Waals surface area contributed by atoms with Crippen LogP contribution in [0.5, 0.6) is 0 Å². The number of aromatic carboxylic acids is 1. The average Bonchev–Trinajstić information content (AvgIpc) is 2.16. The molecule has 0 unspecified atom stereocenters. The quantitative estimate of drug-likeness (QED) is 0.743. The van der Waals surface area contributed by atoms with Crippen LogP contribution in [0.3, 0.4) is 0 Å². The third-order valence-electron chi connectivity index (χ3n) is 1.79. The van der Waals surface area contributed by atoms with Crippen molar-refractivity contribution in [1.82, 2.24) is 0 Å². The van der Waals surface area contributed by atoms with Crippen molar-refractivity contribution in [2.75, 3.05) is 12.4 Å². The molecule has 1 rings (SSSR count). The molecule has 0 amide bonds. The molecule has 0 aromatic heterocycles. The van der Waals surface area contributed by atoms with Crippen molar-refractivity contribution in [2.24, 2.45) is 0 Å². The summed E-state index contributed by atoms with van der Waals surface area (Å²) >= 11 is 0. The van der Waals surface area contributed by atoms with Gasteiger partial charge in [0.2, 0.25) is 0 Å². The lowest BCUT2D eigenvalue weighted by atomic mass is 10.1. The van der Waals surface area contributed by atoms with Crippen LogP contribution in [0.15, 0.2) is 24.8 Å². The summed E-state index contributed by atoms with van der Waals surface area (Å²) in [6.45, 7) is 3.63. The van der Waals surface area contributed by atoms with Crippen LogP contribution in [0.1, 0.15) is 15.9 Å². The van der Waals surface area contributed by atoms with Crippen LogP contribution < -0.4 is 5.32 Å². The van der Waals surface area contributed by atoms with Crippen LogP contribution in [-0.2, 0) is 0 Å². The van der Waals surface area contributed by atoms with Crippen LogP contribution in [0.2, 0.25) is 0 Å². The van der Waals surface area contributed by atoms with E-state index in [2.05, 4.69) is 11.9 Å². The first-order valence-electron chi connectivity index (χ1n) is 3.86. The fraction of sp³-hybridized carbons (Fsp3) is 0.100. The van der Waals surface area contributed by atoms with Crippen LogP contribution in [0, 0.1) is 0 Å². The largest absolute Gasteiger partial charge is 0.478 e. The van der Waals surface area contributed by atoms with Crippen molar-refractivity contribution in [1.29, 1.82) is 0 Å². The minimum absolute atomic E-state index is 0.273. The third-order valence-corrected chi connectivity index (χ3v) is 1.79. The number of hydrogen-bond acceptors (Lipinski definition) is 2. The second-order valence-corrected chi connectivity index (χ2v) is 2.56. The molecule has 0 spiro atoms. The molecule has 13 heavy (non-hydrogen) atoms. The standard InChI is InChI=1S/C10H11NO2/c1-3-7-4-5-8(10(12)13)6-9(7)11-2/h3-6,11H,1H2,2H3,(H,12,13). The summed E-state index contributed by atoms with van der Waals surface area (Å²) < 4.78 is 0. The lowest BCUT2D eigenvalue weighted by Crippen LogP contribution is -1.99. The zero-order valence-corrected chi connectivity index (χ0v) is 7.37. The van der Waals surface area contributed by atoms with Gasteiger partial charge in [-0.2, -0.15) is 0 Å². The summed E-state index contributed by atoms with van der Waals surface area (Å²) in [5, 5.41) is 11.6. The Bertz CT molecular complexity index is 345. The van der Waals surface area contributed by atoms with Gasteiger partial charge in [-0.3, -0.25) is 0 Å². The summed E-state index contributed by atoms with van der Waals surface area (Å²) in [5.74, 6) is -0.924. The first-order valence-corrected chi connectivity index (χ1v) is 3.86. The Morgan fingerprint density at radius 3 is 2.77 bits per heavy atom. The molecule has 0 aliphatic rings. The Morgan fingerprint density at radius 2 is 2.31 bits per heavy atom. The molecule has 1 aromatic rings. The molecule has 3 heteroatoms. The molecule has 0 aliphatic carbocycles. The van der Waals surface area contributed by atoms with E-state index in [9.17, 15) is 4.79 Å². The Balaban J connectivity index is 3.20. The Kier molecular flexibility index (Phi) is 2.69. The normalized spacial score (nSPS) is 9.31. The number of hydrogen-bond donors (Lipinski definition) is 2. The first-order chi connectivity index (χ1) is 6.19. The predicted molar refractivity (Wildman–Crippen MR) is 53.0 cm³/mol. The van der Waals surface area contributed by atoms with Gasteiger partial charge >= 0.3 is 5.97 Å². The van der Waals surface area contributed by atoms with E-state index < -0.39 is 5.97 Å². The molecule has 3 nitrogen and oxygen atoms in total. The van der Waals surface area contributed by atoms with Crippen molar-refractivity contribution in [3.8, 4) is 0 Å². The highest BCUT2D eigenvalue weighted by Gasteiger charge is 2.04. The lowest BCUT2D eigenvalue weighted by molar-refractivity contribution is 0.0697. The molecule has 68 valence electrons. The van der Waals surface area contributed by atoms with Gasteiger partial charge in [0.25, 0.3) is 0 Å². The monoisotopic (exact) mass is 177 g/mol. The van der Waals surface area contributed by atoms with Crippen molar-refractivity contribution in [3.05, 3.63) is 35.9 Å². The third kappa shape index (κ3) is 1.87. The highest BCUT2D eigenvalue weighted by atomic mass is 16.4. The van der Waals surface area contributed by atoms with E-state index >= 15 is 0 Å². The van der Waals surface area contributed by atoms with E-state index in [1.165, 1.54) is 0 Å². The molecule has 0 fully saturated rings. The van der Waals surface area contributed by atoms with Crippen molar-refractivity contribution < 1.29 is 9.90 Å². The Morgan fingerprint density at radius 1 is 1.62 bits per heavy atom. The topological polar surface area (TPSA) is 49.3 Å². The lowest BCUT2D eigenvalue weighted by Gasteiger charge is -2.05. The summed E-state index contributed by atoms with van der Waals surface area (Å²) in [6.07, 6.45) is 1.68. The number of carboxylic acids is 1. The fourth-order valence-electron chi connectivity index (χ4n) is 1.08. The van der Waals surface area contributed by atoms with E-state index in [0.29, 0.717) is 0 Å². The summed E-state index contributed by atoms with van der Waals surface area (Å²) in [4.78, 5) is 10.6. The molecule has 0 radical (unpaired) electrons. The molecule has 0 aliphatic heterocycles. The van der Waals surface area contributed by atoms with Crippen LogP contribution in [0.25, 0.3) is 6.08 Å². The van der Waals surface area contributed by atoms with E-state index in [1.807, 2.05) is 0 Å². The summed E-state index contributed by atoms with van der Waals surface area (Å²) in [5.41, 5.74) is 1.94. The number of carbonyl (C=O) groups is 1. The molecular weight excluding hydrogens is 166 g/mol. The fourth-order valence-corrected chi connectivity index (χ4v) is 1.08. The second-order valence-electron chi connectivity index (χ2n) is 2.56. The molecule has 0 atom stereocenters. The molecule has 0 saturated carbocycles. The zero-order chi connectivity index (χ0) is 9.84. The van der Waals surface area contributed by atoms with Gasteiger partial charge in [-0.1, -0.05) is 18.7 Å². The number of nitrogens with one attached hydrogen (secondary N) is 1.